The van der Waals surface area contributed by atoms with E-state index in [9.17, 15) is 9.59 Å². The Morgan fingerprint density at radius 2 is 1.18 bits per heavy atom. The largest absolute Gasteiger partial charge is 0.469 e. The molecule has 0 spiro atoms. The van der Waals surface area contributed by atoms with Crippen LogP contribution in [-0.4, -0.2) is 25.7 Å². The molecule has 0 aliphatic rings. The highest BCUT2D eigenvalue weighted by atomic mass is 16.5. The Bertz CT molecular complexity index is 276. The van der Waals surface area contributed by atoms with Crippen LogP contribution in [0.2, 0.25) is 0 Å². The van der Waals surface area contributed by atoms with Crippen molar-refractivity contribution in [2.45, 2.75) is 90.4 Å². The van der Waals surface area contributed by atoms with Crippen molar-refractivity contribution in [2.24, 2.45) is 0 Å². The third-order valence-electron chi connectivity index (χ3n) is 3.75. The second-order valence-electron chi connectivity index (χ2n) is 5.83. The van der Waals surface area contributed by atoms with E-state index in [2.05, 4.69) is 11.7 Å². The standard InChI is InChI=1S/C18H34O4/c1-3-4-5-6-7-8-9-10-11-12-16-22-18(20)15-13-14-17(19)21-2/h3-16H2,1-2H3. The molecule has 0 aliphatic carbocycles. The topological polar surface area (TPSA) is 52.6 Å². The maximum absolute atomic E-state index is 11.4. The Hall–Kier alpha value is -1.06. The molecule has 0 bridgehead atoms. The van der Waals surface area contributed by atoms with Crippen LogP contribution in [0.15, 0.2) is 0 Å². The highest BCUT2D eigenvalue weighted by molar-refractivity contribution is 5.72. The SMILES string of the molecule is CCCCCCCCCCCCOC(=O)CCCC(=O)OC. The smallest absolute Gasteiger partial charge is 0.305 e. The molecule has 0 aromatic rings. The van der Waals surface area contributed by atoms with Gasteiger partial charge in [0.15, 0.2) is 0 Å². The van der Waals surface area contributed by atoms with Gasteiger partial charge in [-0.15, -0.1) is 0 Å². The summed E-state index contributed by atoms with van der Waals surface area (Å²) in [5.74, 6) is -0.484. The van der Waals surface area contributed by atoms with Gasteiger partial charge in [0.05, 0.1) is 13.7 Å². The molecule has 0 aromatic carbocycles. The molecule has 0 fully saturated rings. The average Bonchev–Trinajstić information content (AvgIpc) is 2.52. The van der Waals surface area contributed by atoms with Crippen LogP contribution >= 0.6 is 0 Å². The summed E-state index contributed by atoms with van der Waals surface area (Å²) in [5, 5.41) is 0. The molecule has 0 radical (unpaired) electrons. The molecule has 0 aromatic heterocycles. The van der Waals surface area contributed by atoms with E-state index in [4.69, 9.17) is 4.74 Å². The first-order valence-corrected chi connectivity index (χ1v) is 8.93. The van der Waals surface area contributed by atoms with Crippen molar-refractivity contribution in [1.82, 2.24) is 0 Å². The van der Waals surface area contributed by atoms with Gasteiger partial charge in [-0.1, -0.05) is 64.7 Å². The third kappa shape index (κ3) is 15.3. The van der Waals surface area contributed by atoms with Crippen molar-refractivity contribution < 1.29 is 19.1 Å². The molecule has 0 rings (SSSR count). The molecule has 0 amide bonds. The van der Waals surface area contributed by atoms with Crippen molar-refractivity contribution in [3.05, 3.63) is 0 Å². The minimum Gasteiger partial charge on any atom is -0.469 e. The predicted molar refractivity (Wildman–Crippen MR) is 88.7 cm³/mol. The number of methoxy groups -OCH3 is 1. The lowest BCUT2D eigenvalue weighted by molar-refractivity contribution is -0.144. The third-order valence-corrected chi connectivity index (χ3v) is 3.75. The van der Waals surface area contributed by atoms with Crippen LogP contribution in [0, 0.1) is 0 Å². The molecule has 0 atom stereocenters. The minimum absolute atomic E-state index is 0.208. The summed E-state index contributed by atoms with van der Waals surface area (Å²) in [6, 6.07) is 0. The van der Waals surface area contributed by atoms with Crippen LogP contribution in [-0.2, 0) is 19.1 Å². The normalized spacial score (nSPS) is 10.5. The number of esters is 2. The van der Waals surface area contributed by atoms with Gasteiger partial charge in [-0.25, -0.2) is 0 Å². The van der Waals surface area contributed by atoms with Crippen LogP contribution in [0.4, 0.5) is 0 Å². The van der Waals surface area contributed by atoms with Crippen molar-refractivity contribution in [1.29, 1.82) is 0 Å². The molecule has 0 heterocycles. The molecule has 0 unspecified atom stereocenters. The van der Waals surface area contributed by atoms with Gasteiger partial charge in [0.1, 0.15) is 0 Å². The lowest BCUT2D eigenvalue weighted by Gasteiger charge is -2.05. The maximum Gasteiger partial charge on any atom is 0.305 e. The number of ether oxygens (including phenoxy) is 2. The molecule has 0 saturated carbocycles. The molecule has 4 nitrogen and oxygen atoms in total. The average molecular weight is 314 g/mol. The summed E-state index contributed by atoms with van der Waals surface area (Å²) in [4.78, 5) is 22.3. The first-order chi connectivity index (χ1) is 10.7. The van der Waals surface area contributed by atoms with Crippen LogP contribution < -0.4 is 0 Å². The quantitative estimate of drug-likeness (QED) is 0.322. The molecule has 22 heavy (non-hydrogen) atoms. The van der Waals surface area contributed by atoms with Crippen molar-refractivity contribution in [3.63, 3.8) is 0 Å². The summed E-state index contributed by atoms with van der Waals surface area (Å²) >= 11 is 0. The molecular formula is C18H34O4. The molecular weight excluding hydrogens is 280 g/mol. The number of carbonyl (C=O) groups is 2. The lowest BCUT2D eigenvalue weighted by Crippen LogP contribution is -2.07. The van der Waals surface area contributed by atoms with Crippen molar-refractivity contribution in [2.75, 3.05) is 13.7 Å². The summed E-state index contributed by atoms with van der Waals surface area (Å²) in [5.41, 5.74) is 0. The molecule has 0 aliphatic heterocycles. The van der Waals surface area contributed by atoms with Gasteiger partial charge in [-0.2, -0.15) is 0 Å². The number of hydrogen-bond acceptors (Lipinski definition) is 4. The van der Waals surface area contributed by atoms with Gasteiger partial charge in [-0.05, 0) is 12.8 Å². The van der Waals surface area contributed by atoms with Crippen LogP contribution in [0.3, 0.4) is 0 Å². The fourth-order valence-electron chi connectivity index (χ4n) is 2.33. The van der Waals surface area contributed by atoms with E-state index < -0.39 is 0 Å². The van der Waals surface area contributed by atoms with E-state index in [1.54, 1.807) is 0 Å². The van der Waals surface area contributed by atoms with Gasteiger partial charge in [0.2, 0.25) is 0 Å². The summed E-state index contributed by atoms with van der Waals surface area (Å²) in [6.07, 6.45) is 13.8. The summed E-state index contributed by atoms with van der Waals surface area (Å²) in [7, 11) is 1.35. The maximum atomic E-state index is 11.4. The van der Waals surface area contributed by atoms with Gasteiger partial charge in [0.25, 0.3) is 0 Å². The molecule has 0 N–H and O–H groups in total. The second kappa shape index (κ2) is 16.3. The Morgan fingerprint density at radius 3 is 1.73 bits per heavy atom. The van der Waals surface area contributed by atoms with Gasteiger partial charge < -0.3 is 9.47 Å². The van der Waals surface area contributed by atoms with Gasteiger partial charge >= 0.3 is 11.9 Å². The number of hydrogen-bond donors (Lipinski definition) is 0. The number of rotatable bonds is 15. The Balaban J connectivity index is 3.18. The van der Waals surface area contributed by atoms with E-state index >= 15 is 0 Å². The lowest BCUT2D eigenvalue weighted by atomic mass is 10.1. The van der Waals surface area contributed by atoms with E-state index in [1.807, 2.05) is 0 Å². The first-order valence-electron chi connectivity index (χ1n) is 8.93. The zero-order valence-electron chi connectivity index (χ0n) is 14.5. The zero-order chi connectivity index (χ0) is 16.5. The minimum atomic E-state index is -0.275. The molecule has 130 valence electrons. The molecule has 0 saturated heterocycles. The highest BCUT2D eigenvalue weighted by Crippen LogP contribution is 2.10. The van der Waals surface area contributed by atoms with Crippen LogP contribution in [0.1, 0.15) is 90.4 Å². The van der Waals surface area contributed by atoms with Gasteiger partial charge in [0, 0.05) is 12.8 Å². The first kappa shape index (κ1) is 20.9. The fourth-order valence-corrected chi connectivity index (χ4v) is 2.33. The summed E-state index contributed by atoms with van der Waals surface area (Å²) in [6.45, 7) is 2.75. The zero-order valence-corrected chi connectivity index (χ0v) is 14.5. The van der Waals surface area contributed by atoms with Crippen molar-refractivity contribution >= 4 is 11.9 Å². The molecule has 4 heteroatoms. The van der Waals surface area contributed by atoms with Crippen molar-refractivity contribution in [3.8, 4) is 0 Å². The van der Waals surface area contributed by atoms with E-state index in [0.29, 0.717) is 19.4 Å². The van der Waals surface area contributed by atoms with Gasteiger partial charge in [-0.3, -0.25) is 9.59 Å². The van der Waals surface area contributed by atoms with E-state index in [0.717, 1.165) is 12.8 Å². The highest BCUT2D eigenvalue weighted by Gasteiger charge is 2.05. The van der Waals surface area contributed by atoms with Crippen LogP contribution in [0.25, 0.3) is 0 Å². The number of unbranched alkanes of at least 4 members (excludes halogenated alkanes) is 9. The second-order valence-corrected chi connectivity index (χ2v) is 5.83. The fraction of sp³-hybridized carbons (Fsp3) is 0.889. The Labute approximate surface area is 135 Å². The van der Waals surface area contributed by atoms with Crippen LogP contribution in [0.5, 0.6) is 0 Å². The predicted octanol–water partition coefficient (Wildman–Crippen LogP) is 4.79. The Kier molecular flexibility index (Phi) is 15.5. The number of carbonyl (C=O) groups excluding carboxylic acids is 2. The Morgan fingerprint density at radius 1 is 0.682 bits per heavy atom. The van der Waals surface area contributed by atoms with E-state index in [-0.39, 0.29) is 18.4 Å². The van der Waals surface area contributed by atoms with E-state index in [1.165, 1.54) is 58.5 Å². The monoisotopic (exact) mass is 314 g/mol. The summed E-state index contributed by atoms with van der Waals surface area (Å²) < 4.78 is 9.65.